The molecular formula is C25H31NO5. The minimum Gasteiger partial charge on any atom is -0.457 e. The van der Waals surface area contributed by atoms with E-state index >= 15 is 0 Å². The number of amides is 2. The zero-order chi connectivity index (χ0) is 22.1. The number of aryl methyl sites for hydroxylation is 2. The first kappa shape index (κ1) is 21.7. The molecule has 166 valence electrons. The number of fused-ring (bicyclic) bond motifs is 1. The van der Waals surface area contributed by atoms with E-state index in [0.29, 0.717) is 31.2 Å². The molecule has 2 atom stereocenters. The highest BCUT2D eigenvalue weighted by Crippen LogP contribution is 2.41. The van der Waals surface area contributed by atoms with Gasteiger partial charge in [0.1, 0.15) is 0 Å². The van der Waals surface area contributed by atoms with Gasteiger partial charge in [-0.15, -0.1) is 0 Å². The van der Waals surface area contributed by atoms with E-state index in [9.17, 15) is 19.2 Å². The standard InChI is InChI=1S/C25H31NO5/c1-15-7-8-18(13-16(15)2)22(27)14-31-25(30)17-9-11-19(12-10-17)26-23(28)20-5-3-4-6-21(20)24(26)29/h7-8,13,17,19-21H,3-6,9-12,14H2,1-2H3/t17?,19?,20-,21+. The first-order chi connectivity index (χ1) is 14.9. The van der Waals surface area contributed by atoms with Crippen molar-refractivity contribution < 1.29 is 23.9 Å². The zero-order valence-electron chi connectivity index (χ0n) is 18.4. The molecule has 31 heavy (non-hydrogen) atoms. The van der Waals surface area contributed by atoms with Gasteiger partial charge in [0.2, 0.25) is 11.8 Å². The van der Waals surface area contributed by atoms with Crippen LogP contribution in [0.25, 0.3) is 0 Å². The van der Waals surface area contributed by atoms with Gasteiger partial charge in [-0.05, 0) is 69.6 Å². The second-order valence-electron chi connectivity index (χ2n) is 9.38. The molecule has 0 bridgehead atoms. The Morgan fingerprint density at radius 1 is 0.903 bits per heavy atom. The van der Waals surface area contributed by atoms with Gasteiger partial charge >= 0.3 is 5.97 Å². The number of hydrogen-bond donors (Lipinski definition) is 0. The van der Waals surface area contributed by atoms with Crippen molar-refractivity contribution >= 4 is 23.6 Å². The van der Waals surface area contributed by atoms with Crippen LogP contribution in [0.4, 0.5) is 0 Å². The number of ketones is 1. The number of Topliss-reactive ketones (excluding diaryl/α,β-unsaturated/α-hetero) is 1. The third-order valence-corrected chi connectivity index (χ3v) is 7.44. The molecule has 2 amide bonds. The number of carbonyl (C=O) groups is 4. The lowest BCUT2D eigenvalue weighted by Crippen LogP contribution is -2.43. The summed E-state index contributed by atoms with van der Waals surface area (Å²) in [7, 11) is 0. The van der Waals surface area contributed by atoms with Crippen molar-refractivity contribution in [2.45, 2.75) is 71.3 Å². The highest BCUT2D eigenvalue weighted by atomic mass is 16.5. The van der Waals surface area contributed by atoms with Crippen LogP contribution in [0.15, 0.2) is 18.2 Å². The predicted molar refractivity (Wildman–Crippen MR) is 114 cm³/mol. The number of hydrogen-bond acceptors (Lipinski definition) is 5. The van der Waals surface area contributed by atoms with Crippen LogP contribution >= 0.6 is 0 Å². The van der Waals surface area contributed by atoms with Crippen molar-refractivity contribution in [3.63, 3.8) is 0 Å². The van der Waals surface area contributed by atoms with Gasteiger partial charge < -0.3 is 4.74 Å². The maximum absolute atomic E-state index is 12.8. The summed E-state index contributed by atoms with van der Waals surface area (Å²) in [4.78, 5) is 52.0. The smallest absolute Gasteiger partial charge is 0.309 e. The Morgan fingerprint density at radius 2 is 1.52 bits per heavy atom. The van der Waals surface area contributed by atoms with Crippen LogP contribution in [0, 0.1) is 31.6 Å². The molecule has 1 saturated heterocycles. The molecule has 0 radical (unpaired) electrons. The summed E-state index contributed by atoms with van der Waals surface area (Å²) in [6.45, 7) is 3.67. The molecule has 0 unspecified atom stereocenters. The van der Waals surface area contributed by atoms with Gasteiger partial charge in [-0.3, -0.25) is 24.1 Å². The van der Waals surface area contributed by atoms with Crippen LogP contribution in [-0.4, -0.2) is 41.1 Å². The van der Waals surface area contributed by atoms with Crippen molar-refractivity contribution in [2.24, 2.45) is 17.8 Å². The summed E-state index contributed by atoms with van der Waals surface area (Å²) < 4.78 is 5.31. The van der Waals surface area contributed by atoms with Crippen LogP contribution in [0.2, 0.25) is 0 Å². The molecule has 0 spiro atoms. The number of benzene rings is 1. The lowest BCUT2D eigenvalue weighted by Gasteiger charge is -2.32. The fourth-order valence-corrected chi connectivity index (χ4v) is 5.37. The van der Waals surface area contributed by atoms with Crippen molar-refractivity contribution in [2.75, 3.05) is 6.61 Å². The molecule has 4 rings (SSSR count). The molecule has 1 aromatic carbocycles. The SMILES string of the molecule is Cc1ccc(C(=O)COC(=O)C2CCC(N3C(=O)[C@H]4CCCC[C@H]4C3=O)CC2)cc1C. The molecule has 2 aliphatic carbocycles. The van der Waals surface area contributed by atoms with Crippen molar-refractivity contribution in [1.82, 2.24) is 4.90 Å². The van der Waals surface area contributed by atoms with Gasteiger partial charge in [-0.1, -0.05) is 25.0 Å². The Labute approximate surface area is 183 Å². The minimum atomic E-state index is -0.358. The van der Waals surface area contributed by atoms with Crippen LogP contribution < -0.4 is 0 Å². The number of ether oxygens (including phenoxy) is 1. The second-order valence-corrected chi connectivity index (χ2v) is 9.38. The average Bonchev–Trinajstić information content (AvgIpc) is 3.04. The Hall–Kier alpha value is -2.50. The summed E-state index contributed by atoms with van der Waals surface area (Å²) in [6.07, 6.45) is 6.09. The largest absolute Gasteiger partial charge is 0.457 e. The molecule has 6 nitrogen and oxygen atoms in total. The van der Waals surface area contributed by atoms with Gasteiger partial charge in [0.05, 0.1) is 17.8 Å². The summed E-state index contributed by atoms with van der Waals surface area (Å²) in [5.74, 6) is -1.09. The lowest BCUT2D eigenvalue weighted by molar-refractivity contribution is -0.149. The predicted octanol–water partition coefficient (Wildman–Crippen LogP) is 3.76. The van der Waals surface area contributed by atoms with Crippen LogP contribution in [0.3, 0.4) is 0 Å². The maximum atomic E-state index is 12.8. The normalized spacial score (nSPS) is 28.4. The Morgan fingerprint density at radius 3 is 2.10 bits per heavy atom. The zero-order valence-corrected chi connectivity index (χ0v) is 18.4. The van der Waals surface area contributed by atoms with Gasteiger partial charge in [-0.25, -0.2) is 0 Å². The van der Waals surface area contributed by atoms with Gasteiger partial charge in [0.25, 0.3) is 0 Å². The lowest BCUT2D eigenvalue weighted by atomic mass is 9.81. The molecule has 3 fully saturated rings. The third-order valence-electron chi connectivity index (χ3n) is 7.44. The van der Waals surface area contributed by atoms with E-state index in [-0.39, 0.29) is 54.0 Å². The second kappa shape index (κ2) is 8.93. The molecule has 1 aliphatic heterocycles. The molecule has 0 N–H and O–H groups in total. The molecule has 6 heteroatoms. The molecule has 3 aliphatic rings. The maximum Gasteiger partial charge on any atom is 0.309 e. The molecule has 0 aromatic heterocycles. The minimum absolute atomic E-state index is 0.000264. The van der Waals surface area contributed by atoms with Crippen molar-refractivity contribution in [1.29, 1.82) is 0 Å². The Balaban J connectivity index is 1.28. The van der Waals surface area contributed by atoms with Crippen molar-refractivity contribution in [3.8, 4) is 0 Å². The van der Waals surface area contributed by atoms with Crippen molar-refractivity contribution in [3.05, 3.63) is 34.9 Å². The number of rotatable bonds is 5. The van der Waals surface area contributed by atoms with Gasteiger partial charge in [-0.2, -0.15) is 0 Å². The van der Waals surface area contributed by atoms with Gasteiger partial charge in [0.15, 0.2) is 12.4 Å². The molecule has 1 heterocycles. The topological polar surface area (TPSA) is 80.8 Å². The van der Waals surface area contributed by atoms with E-state index in [1.54, 1.807) is 6.07 Å². The fourth-order valence-electron chi connectivity index (χ4n) is 5.37. The molecular weight excluding hydrogens is 394 g/mol. The number of likely N-dealkylation sites (tertiary alicyclic amines) is 1. The van der Waals surface area contributed by atoms with Crippen LogP contribution in [0.5, 0.6) is 0 Å². The summed E-state index contributed by atoms with van der Waals surface area (Å²) in [6, 6.07) is 5.36. The molecule has 2 saturated carbocycles. The summed E-state index contributed by atoms with van der Waals surface area (Å²) in [5.41, 5.74) is 2.69. The average molecular weight is 426 g/mol. The highest BCUT2D eigenvalue weighted by molar-refractivity contribution is 6.05. The number of carbonyl (C=O) groups excluding carboxylic acids is 4. The molecule has 1 aromatic rings. The third kappa shape index (κ3) is 4.30. The first-order valence-corrected chi connectivity index (χ1v) is 11.5. The van der Waals surface area contributed by atoms with Crippen LogP contribution in [-0.2, 0) is 19.1 Å². The Kier molecular flexibility index (Phi) is 6.26. The number of esters is 1. The first-order valence-electron chi connectivity index (χ1n) is 11.5. The number of imide groups is 1. The van der Waals surface area contributed by atoms with Crippen LogP contribution in [0.1, 0.15) is 72.9 Å². The van der Waals surface area contributed by atoms with Gasteiger partial charge in [0, 0.05) is 11.6 Å². The van der Waals surface area contributed by atoms with E-state index in [4.69, 9.17) is 4.74 Å². The van der Waals surface area contributed by atoms with E-state index in [1.807, 2.05) is 26.0 Å². The van der Waals surface area contributed by atoms with E-state index < -0.39 is 0 Å². The monoisotopic (exact) mass is 425 g/mol. The number of nitrogens with zero attached hydrogens (tertiary/aromatic N) is 1. The van der Waals surface area contributed by atoms with E-state index in [2.05, 4.69) is 0 Å². The van der Waals surface area contributed by atoms with E-state index in [1.165, 1.54) is 4.90 Å². The fraction of sp³-hybridized carbons (Fsp3) is 0.600. The quantitative estimate of drug-likeness (QED) is 0.408. The van der Waals surface area contributed by atoms with E-state index in [0.717, 1.165) is 36.8 Å². The summed E-state index contributed by atoms with van der Waals surface area (Å²) in [5, 5.41) is 0. The highest BCUT2D eigenvalue weighted by Gasteiger charge is 2.50. The summed E-state index contributed by atoms with van der Waals surface area (Å²) >= 11 is 0. The Bertz CT molecular complexity index is 875.